The zero-order chi connectivity index (χ0) is 20.2. The Labute approximate surface area is 178 Å². The zero-order valence-electron chi connectivity index (χ0n) is 17.4. The molecule has 0 unspecified atom stereocenters. The molecule has 0 saturated heterocycles. The number of anilines is 5. The van der Waals surface area contributed by atoms with Crippen LogP contribution in [0.1, 0.15) is 27.8 Å². The number of hydrogen-bond acceptors (Lipinski definition) is 2. The second kappa shape index (κ2) is 6.50. The maximum Gasteiger partial charge on any atom is 0.0501 e. The molecule has 0 aromatic heterocycles. The first-order chi connectivity index (χ1) is 14.7. The molecule has 0 fully saturated rings. The lowest BCUT2D eigenvalue weighted by Crippen LogP contribution is -2.23. The molecule has 0 aliphatic carbocycles. The van der Waals surface area contributed by atoms with Crippen molar-refractivity contribution in [3.05, 3.63) is 113 Å². The predicted octanol–water partition coefficient (Wildman–Crippen LogP) is 7.04. The first-order valence-electron chi connectivity index (χ1n) is 10.6. The van der Waals surface area contributed by atoms with Gasteiger partial charge in [0.1, 0.15) is 0 Å². The van der Waals surface area contributed by atoms with Crippen LogP contribution in [0.25, 0.3) is 0 Å². The molecule has 2 aliphatic heterocycles. The van der Waals surface area contributed by atoms with Crippen LogP contribution in [0.4, 0.5) is 28.4 Å². The van der Waals surface area contributed by atoms with Crippen molar-refractivity contribution in [1.82, 2.24) is 0 Å². The summed E-state index contributed by atoms with van der Waals surface area (Å²) in [4.78, 5) is 4.79. The zero-order valence-corrected chi connectivity index (χ0v) is 17.4. The summed E-state index contributed by atoms with van der Waals surface area (Å²) < 4.78 is 0. The van der Waals surface area contributed by atoms with Gasteiger partial charge in [-0.25, -0.2) is 0 Å². The number of nitrogens with zero attached hydrogens (tertiary/aromatic N) is 2. The molecule has 0 N–H and O–H groups in total. The van der Waals surface area contributed by atoms with Crippen molar-refractivity contribution in [1.29, 1.82) is 0 Å². The summed E-state index contributed by atoms with van der Waals surface area (Å²) in [5, 5.41) is 0. The molecule has 0 atom stereocenters. The van der Waals surface area contributed by atoms with Gasteiger partial charge >= 0.3 is 0 Å². The van der Waals surface area contributed by atoms with E-state index in [2.05, 4.69) is 109 Å². The van der Waals surface area contributed by atoms with E-state index in [0.717, 1.165) is 12.8 Å². The van der Waals surface area contributed by atoms with Crippen molar-refractivity contribution in [3.8, 4) is 0 Å². The Morgan fingerprint density at radius 3 is 1.87 bits per heavy atom. The Hall–Kier alpha value is -3.52. The van der Waals surface area contributed by atoms with Crippen molar-refractivity contribution in [2.45, 2.75) is 19.8 Å². The van der Waals surface area contributed by atoms with Gasteiger partial charge < -0.3 is 9.80 Å². The molecule has 0 spiro atoms. The van der Waals surface area contributed by atoms with Crippen LogP contribution in [0.15, 0.2) is 84.9 Å². The summed E-state index contributed by atoms with van der Waals surface area (Å²) in [6.45, 7) is 2.14. The minimum absolute atomic E-state index is 0.969. The standard InChI is InChI=1S/C28H24N2/c1-19-11-13-24(14-12-19)30-26-10-6-4-8-21(26)16-23-17-27-22(18-28(23)30)15-20-7-3-5-9-25(20)29(27)2/h3-14,17-18H,15-16H2,1-2H3. The molecular weight excluding hydrogens is 364 g/mol. The molecule has 0 bridgehead atoms. The van der Waals surface area contributed by atoms with Gasteiger partial charge in [0.05, 0.1) is 5.69 Å². The number of fused-ring (bicyclic) bond motifs is 4. The van der Waals surface area contributed by atoms with E-state index in [1.807, 2.05) is 0 Å². The van der Waals surface area contributed by atoms with Gasteiger partial charge in [0.25, 0.3) is 0 Å². The lowest BCUT2D eigenvalue weighted by molar-refractivity contribution is 1.02. The highest BCUT2D eigenvalue weighted by Gasteiger charge is 2.28. The SMILES string of the molecule is Cc1ccc(N2c3ccccc3Cc3cc4c(cc32)Cc2ccccc2N4C)cc1. The van der Waals surface area contributed by atoms with E-state index < -0.39 is 0 Å². The fourth-order valence-electron chi connectivity index (χ4n) is 4.97. The topological polar surface area (TPSA) is 6.48 Å². The first kappa shape index (κ1) is 17.3. The van der Waals surface area contributed by atoms with Gasteiger partial charge in [-0.15, -0.1) is 0 Å². The average molecular weight is 389 g/mol. The van der Waals surface area contributed by atoms with E-state index in [-0.39, 0.29) is 0 Å². The number of benzene rings is 4. The average Bonchev–Trinajstić information content (AvgIpc) is 2.78. The van der Waals surface area contributed by atoms with Crippen LogP contribution in [0.3, 0.4) is 0 Å². The molecule has 0 saturated carbocycles. The van der Waals surface area contributed by atoms with Crippen molar-refractivity contribution >= 4 is 28.4 Å². The molecule has 30 heavy (non-hydrogen) atoms. The second-order valence-electron chi connectivity index (χ2n) is 8.45. The minimum atomic E-state index is 0.969. The van der Waals surface area contributed by atoms with Crippen LogP contribution < -0.4 is 9.80 Å². The van der Waals surface area contributed by atoms with Crippen LogP contribution in [-0.2, 0) is 12.8 Å². The van der Waals surface area contributed by atoms with Gasteiger partial charge in [-0.1, -0.05) is 54.1 Å². The lowest BCUT2D eigenvalue weighted by atomic mass is 9.89. The molecule has 0 amide bonds. The van der Waals surface area contributed by atoms with E-state index in [1.54, 1.807) is 0 Å². The third-order valence-corrected chi connectivity index (χ3v) is 6.52. The monoisotopic (exact) mass is 388 g/mol. The molecule has 4 aromatic rings. The van der Waals surface area contributed by atoms with Crippen LogP contribution in [-0.4, -0.2) is 7.05 Å². The summed E-state index contributed by atoms with van der Waals surface area (Å²) >= 11 is 0. The highest BCUT2D eigenvalue weighted by Crippen LogP contribution is 2.48. The van der Waals surface area contributed by atoms with E-state index in [1.165, 1.54) is 56.3 Å². The number of para-hydroxylation sites is 2. The van der Waals surface area contributed by atoms with Gasteiger partial charge in [0.15, 0.2) is 0 Å². The quantitative estimate of drug-likeness (QED) is 0.304. The highest BCUT2D eigenvalue weighted by molar-refractivity contribution is 5.87. The van der Waals surface area contributed by atoms with Gasteiger partial charge in [-0.2, -0.15) is 0 Å². The summed E-state index contributed by atoms with van der Waals surface area (Å²) in [6, 6.07) is 31.3. The van der Waals surface area contributed by atoms with Gasteiger partial charge in [0.2, 0.25) is 0 Å². The van der Waals surface area contributed by atoms with Gasteiger partial charge in [0, 0.05) is 42.6 Å². The fraction of sp³-hybridized carbons (Fsp3) is 0.143. The maximum atomic E-state index is 2.44. The summed E-state index contributed by atoms with van der Waals surface area (Å²) in [5.41, 5.74) is 13.3. The normalized spacial score (nSPS) is 13.9. The third kappa shape index (κ3) is 2.57. The van der Waals surface area contributed by atoms with E-state index in [0.29, 0.717) is 0 Å². The van der Waals surface area contributed by atoms with Crippen LogP contribution >= 0.6 is 0 Å². The first-order valence-corrected chi connectivity index (χ1v) is 10.6. The summed E-state index contributed by atoms with van der Waals surface area (Å²) in [7, 11) is 2.19. The third-order valence-electron chi connectivity index (χ3n) is 6.52. The lowest BCUT2D eigenvalue weighted by Gasteiger charge is -2.37. The van der Waals surface area contributed by atoms with Crippen molar-refractivity contribution in [3.63, 3.8) is 0 Å². The molecule has 2 aliphatic rings. The smallest absolute Gasteiger partial charge is 0.0501 e. The van der Waals surface area contributed by atoms with Crippen molar-refractivity contribution in [2.75, 3.05) is 16.8 Å². The Morgan fingerprint density at radius 2 is 1.13 bits per heavy atom. The van der Waals surface area contributed by atoms with E-state index in [9.17, 15) is 0 Å². The highest BCUT2D eigenvalue weighted by atomic mass is 15.2. The second-order valence-corrected chi connectivity index (χ2v) is 8.45. The van der Waals surface area contributed by atoms with Crippen molar-refractivity contribution in [2.24, 2.45) is 0 Å². The summed E-state index contributed by atoms with van der Waals surface area (Å²) in [6.07, 6.45) is 1.95. The molecular formula is C28H24N2. The van der Waals surface area contributed by atoms with E-state index in [4.69, 9.17) is 0 Å². The Balaban J connectivity index is 1.56. The Morgan fingerprint density at radius 1 is 0.567 bits per heavy atom. The van der Waals surface area contributed by atoms with Gasteiger partial charge in [-0.05, 0) is 65.6 Å². The fourth-order valence-corrected chi connectivity index (χ4v) is 4.97. The van der Waals surface area contributed by atoms with E-state index >= 15 is 0 Å². The van der Waals surface area contributed by atoms with Gasteiger partial charge in [-0.3, -0.25) is 0 Å². The predicted molar refractivity (Wildman–Crippen MR) is 126 cm³/mol. The number of aryl methyl sites for hydroxylation is 1. The molecule has 6 rings (SSSR count). The minimum Gasteiger partial charge on any atom is -0.344 e. The van der Waals surface area contributed by atoms with Crippen LogP contribution in [0.2, 0.25) is 0 Å². The van der Waals surface area contributed by atoms with Crippen LogP contribution in [0.5, 0.6) is 0 Å². The summed E-state index contributed by atoms with van der Waals surface area (Å²) in [5.74, 6) is 0. The molecule has 2 heterocycles. The molecule has 0 radical (unpaired) electrons. The molecule has 2 heteroatoms. The largest absolute Gasteiger partial charge is 0.344 e. The van der Waals surface area contributed by atoms with Crippen molar-refractivity contribution < 1.29 is 0 Å². The molecule has 146 valence electrons. The molecule has 4 aromatic carbocycles. The number of hydrogen-bond donors (Lipinski definition) is 0. The van der Waals surface area contributed by atoms with Crippen LogP contribution in [0, 0.1) is 6.92 Å². The number of rotatable bonds is 1. The molecule has 2 nitrogen and oxygen atoms in total. The Bertz CT molecular complexity index is 1270. The maximum absolute atomic E-state index is 2.44. The Kier molecular flexibility index (Phi) is 3.76.